The Balaban J connectivity index is 2.19. The van der Waals surface area contributed by atoms with Crippen LogP contribution in [0.5, 0.6) is 0 Å². The highest BCUT2D eigenvalue weighted by Gasteiger charge is 2.24. The van der Waals surface area contributed by atoms with Gasteiger partial charge in [0.1, 0.15) is 0 Å². The lowest BCUT2D eigenvalue weighted by molar-refractivity contribution is -0.0612. The summed E-state index contributed by atoms with van der Waals surface area (Å²) >= 11 is 0. The largest absolute Gasteiger partial charge is 0.350 e. The minimum Gasteiger partial charge on any atom is -0.350 e. The smallest absolute Gasteiger partial charge is 0.158 e. The zero-order valence-corrected chi connectivity index (χ0v) is 6.75. The van der Waals surface area contributed by atoms with E-state index in [0.29, 0.717) is 13.0 Å². The van der Waals surface area contributed by atoms with E-state index in [1.54, 1.807) is 0 Å². The van der Waals surface area contributed by atoms with Crippen LogP contribution in [-0.2, 0) is 9.47 Å². The van der Waals surface area contributed by atoms with Gasteiger partial charge >= 0.3 is 0 Å². The van der Waals surface area contributed by atoms with Crippen molar-refractivity contribution in [2.24, 2.45) is 0 Å². The molecule has 3 nitrogen and oxygen atoms in total. The summed E-state index contributed by atoms with van der Waals surface area (Å²) in [7, 11) is 0. The predicted molar refractivity (Wildman–Crippen MR) is 39.8 cm³/mol. The second kappa shape index (κ2) is 4.32. The topological polar surface area (TPSA) is 42.2 Å². The van der Waals surface area contributed by atoms with Crippen molar-refractivity contribution in [3.05, 3.63) is 0 Å². The van der Waals surface area contributed by atoms with Crippen molar-refractivity contribution in [3.8, 4) is 6.07 Å². The van der Waals surface area contributed by atoms with Crippen LogP contribution < -0.4 is 0 Å². The summed E-state index contributed by atoms with van der Waals surface area (Å²) in [5.74, 6) is 0. The van der Waals surface area contributed by atoms with E-state index in [9.17, 15) is 0 Å². The SMILES string of the molecule is CCCC1OCC(CC#N)O1. The fourth-order valence-corrected chi connectivity index (χ4v) is 1.10. The number of hydrogen-bond acceptors (Lipinski definition) is 3. The maximum atomic E-state index is 8.36. The Bertz CT molecular complexity index is 153. The molecule has 11 heavy (non-hydrogen) atoms. The van der Waals surface area contributed by atoms with Crippen LogP contribution in [0.4, 0.5) is 0 Å². The molecule has 62 valence electrons. The quantitative estimate of drug-likeness (QED) is 0.619. The van der Waals surface area contributed by atoms with Gasteiger partial charge in [-0.05, 0) is 6.42 Å². The normalized spacial score (nSPS) is 30.2. The van der Waals surface area contributed by atoms with Crippen molar-refractivity contribution in [1.29, 1.82) is 5.26 Å². The minimum atomic E-state index is -0.0571. The Labute approximate surface area is 66.9 Å². The predicted octanol–water partition coefficient (Wildman–Crippen LogP) is 1.44. The number of hydrogen-bond donors (Lipinski definition) is 0. The average molecular weight is 155 g/mol. The molecule has 1 aliphatic heterocycles. The van der Waals surface area contributed by atoms with E-state index in [4.69, 9.17) is 14.7 Å². The second-order valence-corrected chi connectivity index (χ2v) is 2.67. The van der Waals surface area contributed by atoms with Crippen molar-refractivity contribution < 1.29 is 9.47 Å². The summed E-state index contributed by atoms with van der Waals surface area (Å²) in [5.41, 5.74) is 0. The molecule has 2 atom stereocenters. The molecule has 1 fully saturated rings. The van der Waals surface area contributed by atoms with Gasteiger partial charge in [-0.25, -0.2) is 0 Å². The lowest BCUT2D eigenvalue weighted by Crippen LogP contribution is -2.11. The monoisotopic (exact) mass is 155 g/mol. The first-order valence-electron chi connectivity index (χ1n) is 4.00. The minimum absolute atomic E-state index is 0.0107. The molecule has 0 aliphatic carbocycles. The molecule has 0 N–H and O–H groups in total. The lowest BCUT2D eigenvalue weighted by Gasteiger charge is -2.07. The van der Waals surface area contributed by atoms with E-state index in [0.717, 1.165) is 12.8 Å². The van der Waals surface area contributed by atoms with Gasteiger partial charge in [-0.2, -0.15) is 5.26 Å². The van der Waals surface area contributed by atoms with Crippen LogP contribution in [0.15, 0.2) is 0 Å². The molecular formula is C8H13NO2. The Hall–Kier alpha value is -0.590. The van der Waals surface area contributed by atoms with Gasteiger partial charge in [0.05, 0.1) is 25.2 Å². The Morgan fingerprint density at radius 1 is 1.64 bits per heavy atom. The van der Waals surface area contributed by atoms with Gasteiger partial charge in [-0.1, -0.05) is 13.3 Å². The van der Waals surface area contributed by atoms with Crippen LogP contribution >= 0.6 is 0 Å². The molecule has 0 aromatic heterocycles. The van der Waals surface area contributed by atoms with E-state index in [1.165, 1.54) is 0 Å². The van der Waals surface area contributed by atoms with Crippen molar-refractivity contribution in [3.63, 3.8) is 0 Å². The molecule has 3 heteroatoms. The van der Waals surface area contributed by atoms with Crippen molar-refractivity contribution in [2.75, 3.05) is 6.61 Å². The standard InChI is InChI=1S/C8H13NO2/c1-2-3-8-10-6-7(11-8)4-5-9/h7-8H,2-4,6H2,1H3. The fourth-order valence-electron chi connectivity index (χ4n) is 1.10. The Morgan fingerprint density at radius 2 is 2.45 bits per heavy atom. The highest BCUT2D eigenvalue weighted by Crippen LogP contribution is 2.17. The van der Waals surface area contributed by atoms with Crippen LogP contribution in [0.1, 0.15) is 26.2 Å². The van der Waals surface area contributed by atoms with Gasteiger partial charge in [0, 0.05) is 0 Å². The highest BCUT2D eigenvalue weighted by molar-refractivity contribution is 4.78. The Kier molecular flexibility index (Phi) is 3.34. The maximum absolute atomic E-state index is 8.36. The highest BCUT2D eigenvalue weighted by atomic mass is 16.7. The van der Waals surface area contributed by atoms with Crippen LogP contribution in [-0.4, -0.2) is 19.0 Å². The molecule has 0 bridgehead atoms. The van der Waals surface area contributed by atoms with Gasteiger partial charge < -0.3 is 9.47 Å². The molecule has 0 amide bonds. The third-order valence-corrected chi connectivity index (χ3v) is 1.66. The molecule has 1 heterocycles. The van der Waals surface area contributed by atoms with Crippen molar-refractivity contribution >= 4 is 0 Å². The summed E-state index contributed by atoms with van der Waals surface area (Å²) in [5, 5.41) is 8.36. The maximum Gasteiger partial charge on any atom is 0.158 e. The summed E-state index contributed by atoms with van der Waals surface area (Å²) in [6.07, 6.45) is 2.39. The average Bonchev–Trinajstić information content (AvgIpc) is 2.38. The number of rotatable bonds is 3. The Morgan fingerprint density at radius 3 is 3.09 bits per heavy atom. The molecule has 0 aromatic carbocycles. The van der Waals surface area contributed by atoms with Crippen LogP contribution in [0.2, 0.25) is 0 Å². The van der Waals surface area contributed by atoms with Crippen LogP contribution in [0.25, 0.3) is 0 Å². The van der Waals surface area contributed by atoms with Crippen molar-refractivity contribution in [1.82, 2.24) is 0 Å². The third-order valence-electron chi connectivity index (χ3n) is 1.66. The number of nitriles is 1. The number of ether oxygens (including phenoxy) is 2. The van der Waals surface area contributed by atoms with E-state index in [-0.39, 0.29) is 12.4 Å². The van der Waals surface area contributed by atoms with Gasteiger partial charge in [0.2, 0.25) is 0 Å². The second-order valence-electron chi connectivity index (χ2n) is 2.67. The summed E-state index contributed by atoms with van der Waals surface area (Å²) in [4.78, 5) is 0. The number of nitrogens with zero attached hydrogens (tertiary/aromatic N) is 1. The summed E-state index contributed by atoms with van der Waals surface area (Å²) in [6, 6.07) is 2.07. The molecule has 2 unspecified atom stereocenters. The first-order valence-corrected chi connectivity index (χ1v) is 4.00. The molecule has 1 aliphatic rings. The molecular weight excluding hydrogens is 142 g/mol. The van der Waals surface area contributed by atoms with Gasteiger partial charge in [-0.15, -0.1) is 0 Å². The first-order chi connectivity index (χ1) is 5.36. The zero-order chi connectivity index (χ0) is 8.10. The third kappa shape index (κ3) is 2.49. The fraction of sp³-hybridized carbons (Fsp3) is 0.875. The van der Waals surface area contributed by atoms with E-state index < -0.39 is 0 Å². The van der Waals surface area contributed by atoms with E-state index in [2.05, 4.69) is 13.0 Å². The lowest BCUT2D eigenvalue weighted by atomic mass is 10.3. The van der Waals surface area contributed by atoms with Gasteiger partial charge in [0.15, 0.2) is 6.29 Å². The molecule has 0 aromatic rings. The van der Waals surface area contributed by atoms with Crippen molar-refractivity contribution in [2.45, 2.75) is 38.6 Å². The van der Waals surface area contributed by atoms with Gasteiger partial charge in [-0.3, -0.25) is 0 Å². The van der Waals surface area contributed by atoms with Crippen LogP contribution in [0.3, 0.4) is 0 Å². The molecule has 0 spiro atoms. The van der Waals surface area contributed by atoms with E-state index in [1.807, 2.05) is 0 Å². The summed E-state index contributed by atoms with van der Waals surface area (Å²) in [6.45, 7) is 2.67. The zero-order valence-electron chi connectivity index (χ0n) is 6.75. The first kappa shape index (κ1) is 8.51. The molecule has 1 saturated heterocycles. The molecule has 0 saturated carbocycles. The molecule has 0 radical (unpaired) electrons. The van der Waals surface area contributed by atoms with Crippen LogP contribution in [0, 0.1) is 11.3 Å². The van der Waals surface area contributed by atoms with E-state index >= 15 is 0 Å². The molecule has 1 rings (SSSR count). The van der Waals surface area contributed by atoms with Gasteiger partial charge in [0.25, 0.3) is 0 Å². The summed E-state index contributed by atoms with van der Waals surface area (Å²) < 4.78 is 10.7.